The summed E-state index contributed by atoms with van der Waals surface area (Å²) in [7, 11) is 0. The van der Waals surface area contributed by atoms with Crippen LogP contribution in [0.4, 0.5) is 0 Å². The molecule has 2 atom stereocenters. The van der Waals surface area contributed by atoms with Gasteiger partial charge in [0.05, 0.1) is 6.61 Å². The van der Waals surface area contributed by atoms with Crippen molar-refractivity contribution in [2.45, 2.75) is 59.1 Å². The zero-order chi connectivity index (χ0) is 16.2. The van der Waals surface area contributed by atoms with Crippen LogP contribution in [0.25, 0.3) is 0 Å². The van der Waals surface area contributed by atoms with E-state index in [-0.39, 0.29) is 12.5 Å². The second-order valence-corrected chi connectivity index (χ2v) is 6.20. The van der Waals surface area contributed by atoms with Crippen LogP contribution in [0, 0.1) is 5.92 Å². The number of esters is 2. The Balaban J connectivity index is 2.74. The first-order valence-electron chi connectivity index (χ1n) is 7.37. The van der Waals surface area contributed by atoms with E-state index in [0.29, 0.717) is 13.0 Å². The number of carbonyl (C=O) groups excluding carboxylic acids is 3. The lowest BCUT2D eigenvalue weighted by Gasteiger charge is -2.28. The van der Waals surface area contributed by atoms with Crippen molar-refractivity contribution in [1.82, 2.24) is 4.90 Å². The summed E-state index contributed by atoms with van der Waals surface area (Å²) in [5.74, 6) is -2.24. The molecule has 1 aliphatic heterocycles. The Kier molecular flexibility index (Phi) is 5.75. The molecule has 1 fully saturated rings. The Labute approximate surface area is 125 Å². The summed E-state index contributed by atoms with van der Waals surface area (Å²) >= 11 is 0. The van der Waals surface area contributed by atoms with E-state index in [4.69, 9.17) is 9.47 Å². The molecular weight excluding hydrogens is 274 g/mol. The molecule has 0 radical (unpaired) electrons. The predicted octanol–water partition coefficient (Wildman–Crippen LogP) is 1.52. The van der Waals surface area contributed by atoms with Crippen molar-refractivity contribution < 1.29 is 23.9 Å². The third-order valence-electron chi connectivity index (χ3n) is 3.23. The number of nitrogens with zero attached hydrogens (tertiary/aromatic N) is 1. The van der Waals surface area contributed by atoms with Crippen LogP contribution in [0.15, 0.2) is 0 Å². The van der Waals surface area contributed by atoms with Crippen LogP contribution >= 0.6 is 0 Å². The van der Waals surface area contributed by atoms with E-state index in [1.54, 1.807) is 27.7 Å². The van der Waals surface area contributed by atoms with Crippen LogP contribution in [0.2, 0.25) is 0 Å². The number of carbonyl (C=O) groups is 3. The van der Waals surface area contributed by atoms with Gasteiger partial charge in [0.25, 0.3) is 0 Å². The quantitative estimate of drug-likeness (QED) is 0.581. The van der Waals surface area contributed by atoms with Gasteiger partial charge in [0.2, 0.25) is 5.91 Å². The van der Waals surface area contributed by atoms with E-state index in [1.807, 2.05) is 0 Å². The highest BCUT2D eigenvalue weighted by molar-refractivity contribution is 5.99. The molecule has 1 aliphatic rings. The Morgan fingerprint density at radius 1 is 1.29 bits per heavy atom. The minimum absolute atomic E-state index is 0.228. The molecule has 0 aliphatic carbocycles. The minimum atomic E-state index is -0.895. The lowest BCUT2D eigenvalue weighted by molar-refractivity contribution is -0.166. The zero-order valence-electron chi connectivity index (χ0n) is 13.5. The molecule has 21 heavy (non-hydrogen) atoms. The highest BCUT2D eigenvalue weighted by atomic mass is 16.6. The summed E-state index contributed by atoms with van der Waals surface area (Å²) in [5, 5.41) is 0. The maximum absolute atomic E-state index is 12.4. The average Bonchev–Trinajstić information content (AvgIpc) is 2.84. The highest BCUT2D eigenvalue weighted by Crippen LogP contribution is 2.23. The van der Waals surface area contributed by atoms with Gasteiger partial charge in [-0.3, -0.25) is 9.59 Å². The van der Waals surface area contributed by atoms with Crippen molar-refractivity contribution >= 4 is 17.8 Å². The first-order valence-corrected chi connectivity index (χ1v) is 7.37. The molecule has 0 spiro atoms. The topological polar surface area (TPSA) is 72.9 Å². The maximum atomic E-state index is 12.4. The molecule has 0 aromatic heterocycles. The molecule has 1 amide bonds. The number of rotatable bonds is 4. The van der Waals surface area contributed by atoms with Crippen LogP contribution in [0.1, 0.15) is 47.5 Å². The third-order valence-corrected chi connectivity index (χ3v) is 3.23. The van der Waals surface area contributed by atoms with Gasteiger partial charge in [-0.25, -0.2) is 4.79 Å². The molecule has 1 unspecified atom stereocenters. The molecule has 0 saturated carbocycles. The summed E-state index contributed by atoms with van der Waals surface area (Å²) in [6, 6.07) is -0.603. The van der Waals surface area contributed by atoms with Crippen LogP contribution < -0.4 is 0 Å². The van der Waals surface area contributed by atoms with Crippen molar-refractivity contribution in [1.29, 1.82) is 0 Å². The SMILES string of the molecule is CCOC(=O)C(C)C(=O)N1CCC[C@H]1C(=O)OC(C)(C)C. The number of amides is 1. The van der Waals surface area contributed by atoms with Crippen LogP contribution in [0.3, 0.4) is 0 Å². The molecule has 1 rings (SSSR count). The Morgan fingerprint density at radius 3 is 2.43 bits per heavy atom. The average molecular weight is 299 g/mol. The summed E-state index contributed by atoms with van der Waals surface area (Å²) in [4.78, 5) is 37.6. The van der Waals surface area contributed by atoms with Gasteiger partial charge in [-0.1, -0.05) is 0 Å². The first kappa shape index (κ1) is 17.5. The molecule has 120 valence electrons. The Bertz CT molecular complexity index is 413. The zero-order valence-corrected chi connectivity index (χ0v) is 13.5. The largest absolute Gasteiger partial charge is 0.465 e. The van der Waals surface area contributed by atoms with Crippen molar-refractivity contribution in [2.75, 3.05) is 13.2 Å². The van der Waals surface area contributed by atoms with Crippen molar-refractivity contribution in [2.24, 2.45) is 5.92 Å². The van der Waals surface area contributed by atoms with E-state index in [1.165, 1.54) is 11.8 Å². The lowest BCUT2D eigenvalue weighted by Crippen LogP contribution is -2.46. The van der Waals surface area contributed by atoms with E-state index in [9.17, 15) is 14.4 Å². The van der Waals surface area contributed by atoms with Gasteiger partial charge in [-0.2, -0.15) is 0 Å². The van der Waals surface area contributed by atoms with Gasteiger partial charge in [-0.15, -0.1) is 0 Å². The molecule has 1 saturated heterocycles. The van der Waals surface area contributed by atoms with Gasteiger partial charge in [0, 0.05) is 6.54 Å². The fourth-order valence-corrected chi connectivity index (χ4v) is 2.26. The van der Waals surface area contributed by atoms with Crippen molar-refractivity contribution in [3.63, 3.8) is 0 Å². The summed E-state index contributed by atoms with van der Waals surface area (Å²) in [6.07, 6.45) is 1.29. The number of hydrogen-bond donors (Lipinski definition) is 0. The number of likely N-dealkylation sites (tertiary alicyclic amines) is 1. The van der Waals surface area contributed by atoms with Gasteiger partial charge < -0.3 is 14.4 Å². The van der Waals surface area contributed by atoms with E-state index in [0.717, 1.165) is 6.42 Å². The monoisotopic (exact) mass is 299 g/mol. The molecule has 6 heteroatoms. The summed E-state index contributed by atoms with van der Waals surface area (Å²) < 4.78 is 10.2. The molecule has 0 aromatic carbocycles. The standard InChI is InChI=1S/C15H25NO5/c1-6-20-13(18)10(2)12(17)16-9-7-8-11(16)14(19)21-15(3,4)5/h10-11H,6-9H2,1-5H3/t10?,11-/m0/s1. The van der Waals surface area contributed by atoms with Crippen molar-refractivity contribution in [3.8, 4) is 0 Å². The number of hydrogen-bond acceptors (Lipinski definition) is 5. The minimum Gasteiger partial charge on any atom is -0.465 e. The maximum Gasteiger partial charge on any atom is 0.329 e. The Hall–Kier alpha value is -1.59. The normalized spacial score (nSPS) is 20.0. The fraction of sp³-hybridized carbons (Fsp3) is 0.800. The van der Waals surface area contributed by atoms with E-state index in [2.05, 4.69) is 0 Å². The summed E-state index contributed by atoms with van der Waals surface area (Å²) in [5.41, 5.74) is -0.596. The van der Waals surface area contributed by atoms with E-state index >= 15 is 0 Å². The van der Waals surface area contributed by atoms with Gasteiger partial charge >= 0.3 is 11.9 Å². The second kappa shape index (κ2) is 6.91. The lowest BCUT2D eigenvalue weighted by atomic mass is 10.1. The van der Waals surface area contributed by atoms with E-state index < -0.39 is 29.5 Å². The summed E-state index contributed by atoms with van der Waals surface area (Å²) in [6.45, 7) is 9.24. The molecule has 6 nitrogen and oxygen atoms in total. The van der Waals surface area contributed by atoms with Crippen LogP contribution in [-0.2, 0) is 23.9 Å². The van der Waals surface area contributed by atoms with Crippen LogP contribution in [0.5, 0.6) is 0 Å². The smallest absolute Gasteiger partial charge is 0.329 e. The first-order chi connectivity index (χ1) is 9.67. The highest BCUT2D eigenvalue weighted by Gasteiger charge is 2.40. The predicted molar refractivity (Wildman–Crippen MR) is 76.4 cm³/mol. The number of ether oxygens (including phenoxy) is 2. The third kappa shape index (κ3) is 4.72. The molecule has 0 N–H and O–H groups in total. The second-order valence-electron chi connectivity index (χ2n) is 6.20. The molecule has 0 bridgehead atoms. The molecular formula is C15H25NO5. The van der Waals surface area contributed by atoms with Gasteiger partial charge in [0.15, 0.2) is 0 Å². The van der Waals surface area contributed by atoms with Crippen molar-refractivity contribution in [3.05, 3.63) is 0 Å². The molecule has 1 heterocycles. The Morgan fingerprint density at radius 2 is 1.90 bits per heavy atom. The van der Waals surface area contributed by atoms with Gasteiger partial charge in [0.1, 0.15) is 17.6 Å². The van der Waals surface area contributed by atoms with Crippen LogP contribution in [-0.4, -0.2) is 47.5 Å². The molecule has 0 aromatic rings. The fourth-order valence-electron chi connectivity index (χ4n) is 2.26. The van der Waals surface area contributed by atoms with Gasteiger partial charge in [-0.05, 0) is 47.5 Å².